The highest BCUT2D eigenvalue weighted by Crippen LogP contribution is 2.32. The number of rotatable bonds is 5. The second-order valence-corrected chi connectivity index (χ2v) is 8.29. The van der Waals surface area contributed by atoms with Crippen molar-refractivity contribution in [3.63, 3.8) is 0 Å². The molecule has 6 heteroatoms. The second-order valence-electron chi connectivity index (χ2n) is 8.29. The zero-order valence-corrected chi connectivity index (χ0v) is 17.3. The predicted octanol–water partition coefficient (Wildman–Crippen LogP) is 3.55. The van der Waals surface area contributed by atoms with Gasteiger partial charge in [-0.25, -0.2) is 0 Å². The second kappa shape index (κ2) is 9.13. The summed E-state index contributed by atoms with van der Waals surface area (Å²) in [6.45, 7) is 1.80. The summed E-state index contributed by atoms with van der Waals surface area (Å²) in [5.41, 5.74) is 4.52. The van der Waals surface area contributed by atoms with Crippen LogP contribution in [0.1, 0.15) is 46.3 Å². The van der Waals surface area contributed by atoms with Crippen molar-refractivity contribution in [1.29, 1.82) is 5.26 Å². The number of carboxylic acid groups (broad SMARTS) is 1. The van der Waals surface area contributed by atoms with Crippen LogP contribution in [0.25, 0.3) is 0 Å². The molecular weight excluding hydrogens is 390 g/mol. The number of fused-ring (bicyclic) bond motifs is 1. The Morgan fingerprint density at radius 1 is 1.13 bits per heavy atom. The molecule has 2 aliphatic rings. The van der Waals surface area contributed by atoms with Gasteiger partial charge >= 0.3 is 5.97 Å². The minimum absolute atomic E-state index is 0.0132. The summed E-state index contributed by atoms with van der Waals surface area (Å²) in [6.07, 6.45) is 2.37. The molecule has 1 amide bonds. The van der Waals surface area contributed by atoms with Crippen LogP contribution in [-0.2, 0) is 11.2 Å². The fourth-order valence-corrected chi connectivity index (χ4v) is 4.70. The standard InChI is InChI=1S/C25H25N3O3/c26-15-17-5-7-19(8-6-17)25(31)28-12-10-20(14-24(29)30)21(16-28)13-23-22-4-2-1-3-18(22)9-11-27-23/h1-8,20-21H,9-14,16H2,(H,29,30)/t20-,21-/m0/s1. The number of amides is 1. The lowest BCUT2D eigenvalue weighted by Gasteiger charge is -2.39. The molecule has 2 aliphatic heterocycles. The van der Waals surface area contributed by atoms with Crippen LogP contribution in [0.5, 0.6) is 0 Å². The lowest BCUT2D eigenvalue weighted by atomic mass is 9.78. The van der Waals surface area contributed by atoms with Crippen molar-refractivity contribution in [3.8, 4) is 6.07 Å². The van der Waals surface area contributed by atoms with E-state index in [1.54, 1.807) is 24.3 Å². The largest absolute Gasteiger partial charge is 0.481 e. The minimum Gasteiger partial charge on any atom is -0.481 e. The number of nitriles is 1. The Labute approximate surface area is 181 Å². The SMILES string of the molecule is N#Cc1ccc(C(=O)N2CC[C@@H](CC(=O)O)[C@@H](CC3=NCCc4ccccc43)C2)cc1. The molecule has 0 spiro atoms. The molecule has 2 heterocycles. The van der Waals surface area contributed by atoms with E-state index in [0.717, 1.165) is 24.2 Å². The Morgan fingerprint density at radius 2 is 1.90 bits per heavy atom. The number of aliphatic carboxylic acids is 1. The number of benzene rings is 2. The topological polar surface area (TPSA) is 93.8 Å². The van der Waals surface area contributed by atoms with E-state index in [9.17, 15) is 14.7 Å². The molecule has 2 atom stereocenters. The summed E-state index contributed by atoms with van der Waals surface area (Å²) < 4.78 is 0. The molecule has 2 aromatic carbocycles. The quantitative estimate of drug-likeness (QED) is 0.808. The number of carboxylic acids is 1. The molecule has 0 saturated carbocycles. The van der Waals surface area contributed by atoms with Crippen LogP contribution in [-0.4, -0.2) is 47.2 Å². The van der Waals surface area contributed by atoms with Gasteiger partial charge in [-0.3, -0.25) is 14.6 Å². The van der Waals surface area contributed by atoms with Crippen molar-refractivity contribution in [2.75, 3.05) is 19.6 Å². The number of carbonyl (C=O) groups excluding carboxylic acids is 1. The van der Waals surface area contributed by atoms with E-state index < -0.39 is 5.97 Å². The molecule has 4 rings (SSSR count). The molecule has 0 aromatic heterocycles. The van der Waals surface area contributed by atoms with E-state index >= 15 is 0 Å². The third-order valence-electron chi connectivity index (χ3n) is 6.34. The Kier molecular flexibility index (Phi) is 6.13. The lowest BCUT2D eigenvalue weighted by Crippen LogP contribution is -2.45. The number of aliphatic imine (C=N–C) groups is 1. The van der Waals surface area contributed by atoms with E-state index in [-0.39, 0.29) is 24.2 Å². The number of nitrogens with zero attached hydrogens (tertiary/aromatic N) is 3. The first kappa shape index (κ1) is 20.8. The van der Waals surface area contributed by atoms with Gasteiger partial charge in [0.15, 0.2) is 0 Å². The molecule has 0 bridgehead atoms. The first-order valence-electron chi connectivity index (χ1n) is 10.7. The number of hydrogen-bond donors (Lipinski definition) is 1. The van der Waals surface area contributed by atoms with E-state index in [1.807, 2.05) is 17.0 Å². The highest BCUT2D eigenvalue weighted by molar-refractivity contribution is 6.02. The van der Waals surface area contributed by atoms with Crippen molar-refractivity contribution in [1.82, 2.24) is 4.90 Å². The fourth-order valence-electron chi connectivity index (χ4n) is 4.70. The highest BCUT2D eigenvalue weighted by Gasteiger charge is 2.34. The Hall–Kier alpha value is -3.46. The van der Waals surface area contributed by atoms with Gasteiger partial charge in [-0.1, -0.05) is 24.3 Å². The summed E-state index contributed by atoms with van der Waals surface area (Å²) in [4.78, 5) is 31.1. The maximum atomic E-state index is 13.1. The fraction of sp³-hybridized carbons (Fsp3) is 0.360. The molecule has 6 nitrogen and oxygen atoms in total. The molecule has 0 unspecified atom stereocenters. The number of hydrogen-bond acceptors (Lipinski definition) is 4. The number of piperidine rings is 1. The zero-order valence-electron chi connectivity index (χ0n) is 17.3. The van der Waals surface area contributed by atoms with Crippen LogP contribution >= 0.6 is 0 Å². The summed E-state index contributed by atoms with van der Waals surface area (Å²) in [5.74, 6) is -0.821. The van der Waals surface area contributed by atoms with Crippen molar-refractivity contribution < 1.29 is 14.7 Å². The molecular formula is C25H25N3O3. The van der Waals surface area contributed by atoms with Crippen LogP contribution in [0.2, 0.25) is 0 Å². The van der Waals surface area contributed by atoms with Crippen LogP contribution in [0, 0.1) is 23.2 Å². The summed E-state index contributed by atoms with van der Waals surface area (Å²) in [5, 5.41) is 18.4. The van der Waals surface area contributed by atoms with E-state index in [2.05, 4.69) is 18.2 Å². The van der Waals surface area contributed by atoms with Crippen molar-refractivity contribution >= 4 is 17.6 Å². The molecule has 2 aromatic rings. The lowest BCUT2D eigenvalue weighted by molar-refractivity contribution is -0.138. The first-order chi connectivity index (χ1) is 15.0. The molecule has 1 saturated heterocycles. The average molecular weight is 415 g/mol. The van der Waals surface area contributed by atoms with E-state index in [1.165, 1.54) is 5.56 Å². The number of carbonyl (C=O) groups is 2. The minimum atomic E-state index is -0.798. The van der Waals surface area contributed by atoms with Gasteiger partial charge < -0.3 is 10.0 Å². The Balaban J connectivity index is 1.54. The van der Waals surface area contributed by atoms with Crippen molar-refractivity contribution in [3.05, 3.63) is 70.8 Å². The van der Waals surface area contributed by atoms with E-state index in [4.69, 9.17) is 10.3 Å². The molecule has 0 radical (unpaired) electrons. The maximum Gasteiger partial charge on any atom is 0.303 e. The molecule has 1 N–H and O–H groups in total. The van der Waals surface area contributed by atoms with Crippen LogP contribution in [0.15, 0.2) is 53.5 Å². The molecule has 1 fully saturated rings. The summed E-state index contributed by atoms with van der Waals surface area (Å²) >= 11 is 0. The number of likely N-dealkylation sites (tertiary alicyclic amines) is 1. The first-order valence-corrected chi connectivity index (χ1v) is 10.7. The maximum absolute atomic E-state index is 13.1. The normalized spacial score (nSPS) is 20.4. The van der Waals surface area contributed by atoms with Gasteiger partial charge in [0.1, 0.15) is 0 Å². The Bertz CT molecular complexity index is 1050. The van der Waals surface area contributed by atoms with Crippen molar-refractivity contribution in [2.45, 2.75) is 25.7 Å². The van der Waals surface area contributed by atoms with Gasteiger partial charge in [-0.05, 0) is 66.5 Å². The third-order valence-corrected chi connectivity index (χ3v) is 6.34. The molecule has 0 aliphatic carbocycles. The smallest absolute Gasteiger partial charge is 0.303 e. The monoisotopic (exact) mass is 415 g/mol. The van der Waals surface area contributed by atoms with Gasteiger partial charge in [0.2, 0.25) is 0 Å². The van der Waals surface area contributed by atoms with Crippen LogP contribution in [0.3, 0.4) is 0 Å². The third kappa shape index (κ3) is 4.66. The molecule has 158 valence electrons. The van der Waals surface area contributed by atoms with Gasteiger partial charge in [0, 0.05) is 37.3 Å². The zero-order chi connectivity index (χ0) is 21.8. The van der Waals surface area contributed by atoms with Gasteiger partial charge in [0.05, 0.1) is 11.6 Å². The van der Waals surface area contributed by atoms with Gasteiger partial charge in [0.25, 0.3) is 5.91 Å². The molecule has 31 heavy (non-hydrogen) atoms. The predicted molar refractivity (Wildman–Crippen MR) is 117 cm³/mol. The average Bonchev–Trinajstić information content (AvgIpc) is 2.80. The van der Waals surface area contributed by atoms with Crippen LogP contribution < -0.4 is 0 Å². The van der Waals surface area contributed by atoms with E-state index in [0.29, 0.717) is 37.1 Å². The van der Waals surface area contributed by atoms with Gasteiger partial charge in [-0.2, -0.15) is 5.26 Å². The van der Waals surface area contributed by atoms with Gasteiger partial charge in [-0.15, -0.1) is 0 Å². The van der Waals surface area contributed by atoms with Crippen LogP contribution in [0.4, 0.5) is 0 Å². The summed E-state index contributed by atoms with van der Waals surface area (Å²) in [6, 6.07) is 17.0. The summed E-state index contributed by atoms with van der Waals surface area (Å²) in [7, 11) is 0. The highest BCUT2D eigenvalue weighted by atomic mass is 16.4. The Morgan fingerprint density at radius 3 is 2.65 bits per heavy atom. The van der Waals surface area contributed by atoms with Crippen molar-refractivity contribution in [2.24, 2.45) is 16.8 Å².